The summed E-state index contributed by atoms with van der Waals surface area (Å²) in [5.41, 5.74) is 6.20. The summed E-state index contributed by atoms with van der Waals surface area (Å²) in [4.78, 5) is 21.7. The molecule has 0 amide bonds. The number of nitriles is 1. The number of pyridine rings is 1. The first-order valence-electron chi connectivity index (χ1n) is 13.9. The zero-order valence-corrected chi connectivity index (χ0v) is 24.7. The highest BCUT2D eigenvalue weighted by molar-refractivity contribution is 5.93. The number of esters is 1. The Kier molecular flexibility index (Phi) is 9.59. The van der Waals surface area contributed by atoms with E-state index in [9.17, 15) is 9.18 Å². The van der Waals surface area contributed by atoms with Gasteiger partial charge in [-0.3, -0.25) is 0 Å². The van der Waals surface area contributed by atoms with Crippen LogP contribution in [0, 0.1) is 17.1 Å². The maximum absolute atomic E-state index is 14.3. The Balaban J connectivity index is 1.41. The Hall–Kier alpha value is -5.11. The second-order valence-electron chi connectivity index (χ2n) is 10.0. The molecule has 10 heteroatoms. The highest BCUT2D eigenvalue weighted by Gasteiger charge is 2.17. The fraction of sp³-hybridized carbons (Fsp3) is 0.235. The summed E-state index contributed by atoms with van der Waals surface area (Å²) in [5, 5.41) is 8.96. The molecule has 224 valence electrons. The molecule has 44 heavy (non-hydrogen) atoms. The summed E-state index contributed by atoms with van der Waals surface area (Å²) < 4.78 is 38.0. The predicted molar refractivity (Wildman–Crippen MR) is 162 cm³/mol. The summed E-state index contributed by atoms with van der Waals surface area (Å²) in [6, 6.07) is 23.0. The van der Waals surface area contributed by atoms with Crippen molar-refractivity contribution in [3.05, 3.63) is 112 Å². The first-order chi connectivity index (χ1) is 21.4. The van der Waals surface area contributed by atoms with Gasteiger partial charge in [-0.15, -0.1) is 0 Å². The zero-order chi connectivity index (χ0) is 31.1. The van der Waals surface area contributed by atoms with Gasteiger partial charge in [0.05, 0.1) is 54.2 Å². The van der Waals surface area contributed by atoms with E-state index in [1.165, 1.54) is 19.2 Å². The van der Waals surface area contributed by atoms with E-state index < -0.39 is 11.8 Å². The van der Waals surface area contributed by atoms with Crippen molar-refractivity contribution in [1.82, 2.24) is 14.5 Å². The van der Waals surface area contributed by atoms with Crippen LogP contribution in [0.5, 0.6) is 5.88 Å². The molecule has 2 heterocycles. The molecule has 0 aliphatic rings. The number of carbonyl (C=O) groups is 1. The Morgan fingerprint density at radius 1 is 0.909 bits per heavy atom. The van der Waals surface area contributed by atoms with Crippen molar-refractivity contribution in [2.24, 2.45) is 0 Å². The van der Waals surface area contributed by atoms with Gasteiger partial charge >= 0.3 is 5.97 Å². The maximum atomic E-state index is 14.3. The fourth-order valence-electron chi connectivity index (χ4n) is 4.94. The quantitative estimate of drug-likeness (QED) is 0.165. The van der Waals surface area contributed by atoms with Crippen LogP contribution >= 0.6 is 0 Å². The third-order valence-corrected chi connectivity index (χ3v) is 7.20. The van der Waals surface area contributed by atoms with Crippen molar-refractivity contribution in [3.8, 4) is 23.2 Å². The molecule has 0 saturated carbocycles. The lowest BCUT2D eigenvalue weighted by atomic mass is 9.99. The normalized spacial score (nSPS) is 11.0. The van der Waals surface area contributed by atoms with Crippen LogP contribution in [0.3, 0.4) is 0 Å². The second-order valence-corrected chi connectivity index (χ2v) is 10.0. The standard InChI is InChI=1S/C34H31FN4O5/c1-41-14-13-39-31-17-25(34(40)43-3)11-12-30(31)37-32(39)18-23-9-10-24(16-27(23)20-42-2)29-5-4-6-33(38-29)44-21-26-8-7-22(19-36)15-28(26)35/h4-12,15-17H,13-14,18,20-21H2,1-3H3. The molecule has 5 rings (SSSR count). The van der Waals surface area contributed by atoms with Gasteiger partial charge < -0.3 is 23.5 Å². The number of carbonyl (C=O) groups excluding carboxylic acids is 1. The molecular weight excluding hydrogens is 563 g/mol. The number of halogens is 1. The number of rotatable bonds is 12. The van der Waals surface area contributed by atoms with Gasteiger partial charge in [-0.1, -0.05) is 24.3 Å². The fourth-order valence-corrected chi connectivity index (χ4v) is 4.94. The van der Waals surface area contributed by atoms with Gasteiger partial charge in [0.25, 0.3) is 0 Å². The minimum atomic E-state index is -0.500. The monoisotopic (exact) mass is 594 g/mol. The Labute approximate surface area is 254 Å². The van der Waals surface area contributed by atoms with E-state index >= 15 is 0 Å². The molecule has 0 aliphatic carbocycles. The molecule has 0 unspecified atom stereocenters. The van der Waals surface area contributed by atoms with E-state index in [0.29, 0.717) is 48.9 Å². The first-order valence-corrected chi connectivity index (χ1v) is 13.9. The molecule has 0 fully saturated rings. The van der Waals surface area contributed by atoms with Crippen molar-refractivity contribution >= 4 is 17.0 Å². The van der Waals surface area contributed by atoms with Gasteiger partial charge in [0.1, 0.15) is 18.2 Å². The average Bonchev–Trinajstić information content (AvgIpc) is 3.39. The van der Waals surface area contributed by atoms with Gasteiger partial charge in [-0.05, 0) is 53.6 Å². The highest BCUT2D eigenvalue weighted by atomic mass is 19.1. The molecule has 0 spiro atoms. The zero-order valence-electron chi connectivity index (χ0n) is 24.7. The van der Waals surface area contributed by atoms with Crippen LogP contribution in [-0.2, 0) is 40.4 Å². The Morgan fingerprint density at radius 2 is 1.75 bits per heavy atom. The lowest BCUT2D eigenvalue weighted by Gasteiger charge is -2.14. The smallest absolute Gasteiger partial charge is 0.337 e. The first kappa shape index (κ1) is 30.4. The molecule has 0 radical (unpaired) electrons. The van der Waals surface area contributed by atoms with Crippen LogP contribution in [0.4, 0.5) is 4.39 Å². The largest absolute Gasteiger partial charge is 0.473 e. The number of hydrogen-bond acceptors (Lipinski definition) is 8. The van der Waals surface area contributed by atoms with Crippen LogP contribution in [0.15, 0.2) is 72.8 Å². The summed E-state index contributed by atoms with van der Waals surface area (Å²) in [7, 11) is 4.65. The molecule has 0 atom stereocenters. The predicted octanol–water partition coefficient (Wildman–Crippen LogP) is 5.86. The number of ether oxygens (including phenoxy) is 4. The number of methoxy groups -OCH3 is 3. The molecular formula is C34H31FN4O5. The van der Waals surface area contributed by atoms with Crippen LogP contribution < -0.4 is 4.74 Å². The van der Waals surface area contributed by atoms with Gasteiger partial charge in [0.2, 0.25) is 5.88 Å². The number of imidazole rings is 1. The molecule has 2 aromatic heterocycles. The SMILES string of the molecule is COCCn1c(Cc2ccc(-c3cccc(OCc4ccc(C#N)cc4F)n3)cc2COC)nc2ccc(C(=O)OC)cc21. The minimum Gasteiger partial charge on any atom is -0.473 e. The highest BCUT2D eigenvalue weighted by Crippen LogP contribution is 2.27. The van der Waals surface area contributed by atoms with Crippen molar-refractivity contribution in [2.75, 3.05) is 27.9 Å². The molecule has 0 saturated heterocycles. The van der Waals surface area contributed by atoms with Gasteiger partial charge in [0.15, 0.2) is 0 Å². The van der Waals surface area contributed by atoms with E-state index in [-0.39, 0.29) is 12.2 Å². The van der Waals surface area contributed by atoms with E-state index in [4.69, 9.17) is 29.2 Å². The number of hydrogen-bond donors (Lipinski definition) is 0. The van der Waals surface area contributed by atoms with Crippen molar-refractivity contribution in [3.63, 3.8) is 0 Å². The maximum Gasteiger partial charge on any atom is 0.337 e. The van der Waals surface area contributed by atoms with Crippen molar-refractivity contribution in [1.29, 1.82) is 5.26 Å². The van der Waals surface area contributed by atoms with Gasteiger partial charge in [-0.25, -0.2) is 19.2 Å². The molecule has 0 bridgehead atoms. The Morgan fingerprint density at radius 3 is 2.50 bits per heavy atom. The van der Waals surface area contributed by atoms with Gasteiger partial charge in [0, 0.05) is 44.4 Å². The van der Waals surface area contributed by atoms with Crippen molar-refractivity contribution in [2.45, 2.75) is 26.2 Å². The third-order valence-electron chi connectivity index (χ3n) is 7.20. The van der Waals surface area contributed by atoms with E-state index in [2.05, 4.69) is 9.55 Å². The third kappa shape index (κ3) is 6.75. The summed E-state index contributed by atoms with van der Waals surface area (Å²) >= 11 is 0. The van der Waals surface area contributed by atoms with Gasteiger partial charge in [-0.2, -0.15) is 5.26 Å². The molecule has 0 aliphatic heterocycles. The van der Waals surface area contributed by atoms with Crippen LogP contribution in [0.25, 0.3) is 22.3 Å². The number of benzene rings is 3. The number of nitrogens with zero attached hydrogens (tertiary/aromatic N) is 4. The van der Waals surface area contributed by atoms with E-state index in [0.717, 1.165) is 33.5 Å². The van der Waals surface area contributed by atoms with E-state index in [1.807, 2.05) is 42.5 Å². The van der Waals surface area contributed by atoms with E-state index in [1.54, 1.807) is 38.5 Å². The van der Waals surface area contributed by atoms with Crippen LogP contribution in [0.2, 0.25) is 0 Å². The topological polar surface area (TPSA) is 108 Å². The number of fused-ring (bicyclic) bond motifs is 1. The number of aromatic nitrogens is 3. The molecule has 0 N–H and O–H groups in total. The Bertz CT molecular complexity index is 1850. The summed E-state index contributed by atoms with van der Waals surface area (Å²) in [6.07, 6.45) is 0.525. The summed E-state index contributed by atoms with van der Waals surface area (Å²) in [6.45, 7) is 1.40. The lowest BCUT2D eigenvalue weighted by molar-refractivity contribution is 0.0601. The second kappa shape index (κ2) is 13.9. The summed E-state index contributed by atoms with van der Waals surface area (Å²) in [5.74, 6) is 0.268. The lowest BCUT2D eigenvalue weighted by Crippen LogP contribution is -2.10. The van der Waals surface area contributed by atoms with Crippen molar-refractivity contribution < 1.29 is 28.1 Å². The minimum absolute atomic E-state index is 0.0208. The van der Waals surface area contributed by atoms with Crippen LogP contribution in [0.1, 0.15) is 38.4 Å². The molecule has 9 nitrogen and oxygen atoms in total. The average molecular weight is 595 g/mol. The van der Waals surface area contributed by atoms with Crippen LogP contribution in [-0.4, -0.2) is 48.4 Å². The molecule has 3 aromatic carbocycles. The molecule has 5 aromatic rings.